The van der Waals surface area contributed by atoms with Crippen LogP contribution in [0.2, 0.25) is 0 Å². The van der Waals surface area contributed by atoms with Gasteiger partial charge in [-0.15, -0.1) is 0 Å². The van der Waals surface area contributed by atoms with Crippen molar-refractivity contribution in [2.75, 3.05) is 20.8 Å². The summed E-state index contributed by atoms with van der Waals surface area (Å²) in [6.07, 6.45) is 1.56. The molecule has 1 aliphatic heterocycles. The molecule has 0 atom stereocenters. The van der Waals surface area contributed by atoms with E-state index in [4.69, 9.17) is 24.7 Å². The Morgan fingerprint density at radius 1 is 1.23 bits per heavy atom. The van der Waals surface area contributed by atoms with Crippen molar-refractivity contribution in [2.24, 2.45) is 16.1 Å². The lowest BCUT2D eigenvalue weighted by atomic mass is 9.97. The second-order valence-electron chi connectivity index (χ2n) is 6.60. The average Bonchev–Trinajstić information content (AvgIpc) is 2.93. The van der Waals surface area contributed by atoms with Crippen LogP contribution in [0.3, 0.4) is 0 Å². The molecule has 1 aromatic carbocycles. The molecule has 0 bridgehead atoms. The third-order valence-corrected chi connectivity index (χ3v) is 3.41. The van der Waals surface area contributed by atoms with Gasteiger partial charge in [-0.3, -0.25) is 4.79 Å². The number of hydrogen-bond acceptors (Lipinski definition) is 7. The molecule has 2 N–H and O–H groups in total. The molecule has 1 amide bonds. The zero-order valence-electron chi connectivity index (χ0n) is 15.4. The number of benzene rings is 1. The minimum absolute atomic E-state index is 0.171. The summed E-state index contributed by atoms with van der Waals surface area (Å²) in [6, 6.07) is 3.26. The van der Waals surface area contributed by atoms with E-state index in [2.05, 4.69) is 4.99 Å². The van der Waals surface area contributed by atoms with Gasteiger partial charge < -0.3 is 24.7 Å². The SMILES string of the molecule is COc1cc(C=C2N=C(C(C)(C)C)OC2=O)cc(OC)c1OCC(N)=O. The first-order valence-corrected chi connectivity index (χ1v) is 7.86. The van der Waals surface area contributed by atoms with Crippen molar-refractivity contribution in [3.8, 4) is 17.2 Å². The molecule has 0 unspecified atom stereocenters. The summed E-state index contributed by atoms with van der Waals surface area (Å²) in [4.78, 5) is 27.3. The minimum atomic E-state index is -0.627. The molecule has 0 saturated carbocycles. The number of amides is 1. The van der Waals surface area contributed by atoms with Crippen molar-refractivity contribution >= 4 is 23.9 Å². The number of nitrogens with two attached hydrogens (primary N) is 1. The lowest BCUT2D eigenvalue weighted by molar-refractivity contribution is -0.130. The number of cyclic esters (lactones) is 1. The predicted molar refractivity (Wildman–Crippen MR) is 95.2 cm³/mol. The molecule has 1 aliphatic rings. The fourth-order valence-electron chi connectivity index (χ4n) is 2.16. The molecule has 0 aliphatic carbocycles. The number of primary amides is 1. The summed E-state index contributed by atoms with van der Waals surface area (Å²) in [7, 11) is 2.89. The lowest BCUT2D eigenvalue weighted by Gasteiger charge is -2.15. The van der Waals surface area contributed by atoms with Crippen molar-refractivity contribution in [3.05, 3.63) is 23.4 Å². The van der Waals surface area contributed by atoms with Gasteiger partial charge in [0.05, 0.1) is 14.2 Å². The number of rotatable bonds is 6. The third-order valence-electron chi connectivity index (χ3n) is 3.41. The largest absolute Gasteiger partial charge is 0.493 e. The Morgan fingerprint density at radius 2 is 1.81 bits per heavy atom. The Bertz CT molecular complexity index is 764. The third kappa shape index (κ3) is 4.33. The fraction of sp³-hybridized carbons (Fsp3) is 0.389. The number of hydrogen-bond donors (Lipinski definition) is 1. The average molecular weight is 362 g/mol. The van der Waals surface area contributed by atoms with Crippen LogP contribution in [0.25, 0.3) is 6.08 Å². The van der Waals surface area contributed by atoms with E-state index in [1.807, 2.05) is 20.8 Å². The van der Waals surface area contributed by atoms with Crippen molar-refractivity contribution in [1.29, 1.82) is 0 Å². The van der Waals surface area contributed by atoms with Crippen LogP contribution in [0.4, 0.5) is 0 Å². The van der Waals surface area contributed by atoms with Gasteiger partial charge in [0.25, 0.3) is 5.91 Å². The summed E-state index contributed by atoms with van der Waals surface area (Å²) in [5.74, 6) is 0.0885. The van der Waals surface area contributed by atoms with Crippen molar-refractivity contribution in [2.45, 2.75) is 20.8 Å². The standard InChI is InChI=1S/C18H22N2O6/c1-18(2,3)17-20-11(16(22)26-17)6-10-7-12(23-4)15(13(8-10)24-5)25-9-14(19)21/h6-8H,9H2,1-5H3,(H2,19,21). The van der Waals surface area contributed by atoms with Crippen LogP contribution in [0.1, 0.15) is 26.3 Å². The number of methoxy groups -OCH3 is 2. The molecular weight excluding hydrogens is 340 g/mol. The maximum Gasteiger partial charge on any atom is 0.363 e. The quantitative estimate of drug-likeness (QED) is 0.611. The Hall–Kier alpha value is -3.03. The molecule has 0 spiro atoms. The molecule has 1 heterocycles. The summed E-state index contributed by atoms with van der Waals surface area (Å²) in [5.41, 5.74) is 5.49. The van der Waals surface area contributed by atoms with Gasteiger partial charge in [0.15, 0.2) is 23.8 Å². The Labute approximate surface area is 151 Å². The van der Waals surface area contributed by atoms with Crippen LogP contribution in [0.15, 0.2) is 22.8 Å². The van der Waals surface area contributed by atoms with Gasteiger partial charge >= 0.3 is 5.97 Å². The molecule has 2 rings (SSSR count). The van der Waals surface area contributed by atoms with Crippen LogP contribution in [-0.2, 0) is 14.3 Å². The van der Waals surface area contributed by atoms with E-state index in [0.717, 1.165) is 0 Å². The smallest absolute Gasteiger partial charge is 0.363 e. The van der Waals surface area contributed by atoms with Crippen LogP contribution in [0, 0.1) is 5.41 Å². The summed E-state index contributed by atoms with van der Waals surface area (Å²) in [6.45, 7) is 5.38. The van der Waals surface area contributed by atoms with Gasteiger partial charge in [0.2, 0.25) is 11.6 Å². The van der Waals surface area contributed by atoms with Crippen molar-refractivity contribution in [3.63, 3.8) is 0 Å². The molecule has 0 radical (unpaired) electrons. The predicted octanol–water partition coefficient (Wildman–Crippen LogP) is 1.91. The van der Waals surface area contributed by atoms with E-state index in [1.165, 1.54) is 14.2 Å². The first-order valence-electron chi connectivity index (χ1n) is 7.86. The van der Waals surface area contributed by atoms with E-state index < -0.39 is 11.9 Å². The fourth-order valence-corrected chi connectivity index (χ4v) is 2.16. The highest BCUT2D eigenvalue weighted by Crippen LogP contribution is 2.39. The number of nitrogens with zero attached hydrogens (tertiary/aromatic N) is 1. The number of aliphatic imine (C=N–C) groups is 1. The van der Waals surface area contributed by atoms with E-state index in [0.29, 0.717) is 23.0 Å². The van der Waals surface area contributed by atoms with Crippen LogP contribution in [0.5, 0.6) is 17.2 Å². The van der Waals surface area contributed by atoms with Gasteiger partial charge in [-0.2, -0.15) is 0 Å². The number of esters is 1. The molecule has 8 heteroatoms. The maximum atomic E-state index is 12.0. The minimum Gasteiger partial charge on any atom is -0.493 e. The molecule has 0 saturated heterocycles. The van der Waals surface area contributed by atoms with Crippen LogP contribution in [-0.4, -0.2) is 38.6 Å². The monoisotopic (exact) mass is 362 g/mol. The van der Waals surface area contributed by atoms with Gasteiger partial charge in [0, 0.05) is 5.41 Å². The van der Waals surface area contributed by atoms with Gasteiger partial charge in [-0.25, -0.2) is 9.79 Å². The van der Waals surface area contributed by atoms with Gasteiger partial charge in [-0.05, 0) is 23.8 Å². The summed E-state index contributed by atoms with van der Waals surface area (Å²) in [5, 5.41) is 0. The normalized spacial score (nSPS) is 15.5. The highest BCUT2D eigenvalue weighted by atomic mass is 16.6. The number of carbonyl (C=O) groups excluding carboxylic acids is 2. The molecule has 0 fully saturated rings. The zero-order valence-corrected chi connectivity index (χ0v) is 15.4. The Morgan fingerprint density at radius 3 is 2.23 bits per heavy atom. The molecule has 1 aromatic rings. The molecule has 0 aromatic heterocycles. The van der Waals surface area contributed by atoms with Gasteiger partial charge in [0.1, 0.15) is 0 Å². The topological polar surface area (TPSA) is 109 Å². The molecule has 8 nitrogen and oxygen atoms in total. The summed E-state index contributed by atoms with van der Waals surface area (Å²) < 4.78 is 21.1. The van der Waals surface area contributed by atoms with Crippen molar-refractivity contribution in [1.82, 2.24) is 0 Å². The lowest BCUT2D eigenvalue weighted by Crippen LogP contribution is -2.21. The second-order valence-corrected chi connectivity index (χ2v) is 6.60. The first kappa shape index (κ1) is 19.3. The van der Waals surface area contributed by atoms with E-state index in [-0.39, 0.29) is 23.5 Å². The van der Waals surface area contributed by atoms with E-state index in [9.17, 15) is 9.59 Å². The highest BCUT2D eigenvalue weighted by Gasteiger charge is 2.31. The second kappa shape index (κ2) is 7.47. The van der Waals surface area contributed by atoms with Crippen molar-refractivity contribution < 1.29 is 28.5 Å². The highest BCUT2D eigenvalue weighted by molar-refractivity contribution is 6.08. The van der Waals surface area contributed by atoms with E-state index >= 15 is 0 Å². The summed E-state index contributed by atoms with van der Waals surface area (Å²) >= 11 is 0. The Kier molecular flexibility index (Phi) is 5.54. The number of ether oxygens (including phenoxy) is 4. The molecule has 26 heavy (non-hydrogen) atoms. The number of carbonyl (C=O) groups is 2. The molecular formula is C18H22N2O6. The van der Waals surface area contributed by atoms with Crippen LogP contribution < -0.4 is 19.9 Å². The van der Waals surface area contributed by atoms with Crippen LogP contribution >= 0.6 is 0 Å². The van der Waals surface area contributed by atoms with Gasteiger partial charge in [-0.1, -0.05) is 20.8 Å². The van der Waals surface area contributed by atoms with E-state index in [1.54, 1.807) is 18.2 Å². The zero-order chi connectivity index (χ0) is 19.5. The Balaban J connectivity index is 2.43. The maximum absolute atomic E-state index is 12.0. The molecule has 140 valence electrons. The first-order chi connectivity index (χ1) is 12.2.